The number of aromatic hydroxyl groups is 2. The molecule has 0 aliphatic heterocycles. The molecule has 0 atom stereocenters. The van der Waals surface area contributed by atoms with Crippen LogP contribution >= 0.6 is 0 Å². The van der Waals surface area contributed by atoms with Gasteiger partial charge in [-0.1, -0.05) is 43.1 Å². The predicted octanol–water partition coefficient (Wildman–Crippen LogP) is 5.47. The van der Waals surface area contributed by atoms with Crippen molar-refractivity contribution in [3.63, 3.8) is 0 Å². The van der Waals surface area contributed by atoms with E-state index in [1.54, 1.807) is 0 Å². The average Bonchev–Trinajstić information content (AvgIpc) is 2.52. The lowest BCUT2D eigenvalue weighted by molar-refractivity contribution is 0.427. The van der Waals surface area contributed by atoms with E-state index < -0.39 is 9.84 Å². The third-order valence-electron chi connectivity index (χ3n) is 4.58. The summed E-state index contributed by atoms with van der Waals surface area (Å²) < 4.78 is 24.5. The molecule has 0 spiro atoms. The lowest BCUT2D eigenvalue weighted by Crippen LogP contribution is -2.05. The zero-order valence-electron chi connectivity index (χ0n) is 17.3. The van der Waals surface area contributed by atoms with Gasteiger partial charge in [-0.2, -0.15) is 0 Å². The largest absolute Gasteiger partial charge is 0.508 e. The Morgan fingerprint density at radius 1 is 1.11 bits per heavy atom. The molecule has 0 aliphatic rings. The molecule has 0 fully saturated rings. The van der Waals surface area contributed by atoms with Crippen molar-refractivity contribution >= 4 is 9.84 Å². The molecule has 0 unspecified atom stereocenters. The van der Waals surface area contributed by atoms with E-state index in [9.17, 15) is 18.6 Å². The monoisotopic (exact) mass is 394 g/mol. The molecule has 1 aromatic rings. The van der Waals surface area contributed by atoms with Gasteiger partial charge in [0.1, 0.15) is 16.4 Å². The van der Waals surface area contributed by atoms with Gasteiger partial charge in [0.15, 0.2) is 9.84 Å². The van der Waals surface area contributed by atoms with Crippen molar-refractivity contribution in [2.45, 2.75) is 77.5 Å². The number of aryl methyl sites for hydroxylation is 1. The normalized spacial score (nSPS) is 12.3. The topological polar surface area (TPSA) is 74.6 Å². The molecule has 0 heterocycles. The molecule has 0 aromatic heterocycles. The van der Waals surface area contributed by atoms with E-state index >= 15 is 0 Å². The van der Waals surface area contributed by atoms with Crippen LogP contribution in [0.2, 0.25) is 0 Å². The van der Waals surface area contributed by atoms with Crippen LogP contribution < -0.4 is 0 Å². The Morgan fingerprint density at radius 2 is 1.78 bits per heavy atom. The van der Waals surface area contributed by atoms with Crippen LogP contribution in [-0.4, -0.2) is 24.9 Å². The minimum Gasteiger partial charge on any atom is -0.508 e. The molecule has 0 saturated heterocycles. The molecule has 5 heteroatoms. The van der Waals surface area contributed by atoms with Gasteiger partial charge in [-0.25, -0.2) is 8.42 Å². The van der Waals surface area contributed by atoms with Gasteiger partial charge in [0.05, 0.1) is 0 Å². The summed E-state index contributed by atoms with van der Waals surface area (Å²) in [6.07, 6.45) is 10.7. The molecule has 27 heavy (non-hydrogen) atoms. The van der Waals surface area contributed by atoms with Gasteiger partial charge in [0.2, 0.25) is 0 Å². The highest BCUT2D eigenvalue weighted by Crippen LogP contribution is 2.38. The van der Waals surface area contributed by atoms with E-state index in [-0.39, 0.29) is 22.0 Å². The SMILES string of the molecule is CCCCCc1cc(O)c(CC=C(C)CCC=C(C)C)c(O)c1S(C)(=O)=O. The number of hydrogen-bond donors (Lipinski definition) is 2. The quantitative estimate of drug-likeness (QED) is 0.408. The maximum absolute atomic E-state index is 12.3. The molecule has 1 aromatic carbocycles. The lowest BCUT2D eigenvalue weighted by Gasteiger charge is -2.15. The highest BCUT2D eigenvalue weighted by atomic mass is 32.2. The van der Waals surface area contributed by atoms with Crippen molar-refractivity contribution < 1.29 is 18.6 Å². The van der Waals surface area contributed by atoms with Crippen LogP contribution in [0.4, 0.5) is 0 Å². The lowest BCUT2D eigenvalue weighted by atomic mass is 10.00. The highest BCUT2D eigenvalue weighted by molar-refractivity contribution is 7.90. The minimum atomic E-state index is -3.59. The van der Waals surface area contributed by atoms with E-state index in [1.165, 1.54) is 11.6 Å². The van der Waals surface area contributed by atoms with Crippen molar-refractivity contribution in [3.8, 4) is 11.5 Å². The third kappa shape index (κ3) is 7.41. The molecule has 0 aliphatic carbocycles. The number of phenolic OH excluding ortho intramolecular Hbond substituents is 2. The summed E-state index contributed by atoms with van der Waals surface area (Å²) >= 11 is 0. The molecule has 0 bridgehead atoms. The average molecular weight is 395 g/mol. The van der Waals surface area contributed by atoms with Gasteiger partial charge in [0, 0.05) is 11.8 Å². The standard InChI is InChI=1S/C22H34O4S/c1-6-7-8-12-18-15-20(23)19(21(24)22(18)27(5,25)26)14-13-17(4)11-9-10-16(2)3/h10,13,15,23-24H,6-9,11-12,14H2,1-5H3. The summed E-state index contributed by atoms with van der Waals surface area (Å²) in [5.74, 6) is -0.350. The number of sulfone groups is 1. The molecular formula is C22H34O4S. The summed E-state index contributed by atoms with van der Waals surface area (Å²) in [7, 11) is -3.59. The number of unbranched alkanes of at least 4 members (excludes halogenated alkanes) is 2. The Balaban J connectivity index is 3.16. The van der Waals surface area contributed by atoms with E-state index in [4.69, 9.17) is 0 Å². The Bertz CT molecular complexity index is 798. The third-order valence-corrected chi connectivity index (χ3v) is 5.78. The van der Waals surface area contributed by atoms with Crippen LogP contribution in [0.25, 0.3) is 0 Å². The van der Waals surface area contributed by atoms with Gasteiger partial charge in [0.25, 0.3) is 0 Å². The van der Waals surface area contributed by atoms with Crippen LogP contribution in [0.3, 0.4) is 0 Å². The maximum Gasteiger partial charge on any atom is 0.179 e. The number of benzene rings is 1. The van der Waals surface area contributed by atoms with Gasteiger partial charge in [-0.05, 0) is 64.5 Å². The fourth-order valence-corrected chi connectivity index (χ4v) is 4.17. The first-order chi connectivity index (χ1) is 12.6. The Morgan fingerprint density at radius 3 is 2.33 bits per heavy atom. The Hall–Kier alpha value is -1.75. The van der Waals surface area contributed by atoms with Gasteiger partial charge < -0.3 is 10.2 Å². The van der Waals surface area contributed by atoms with Crippen LogP contribution in [0, 0.1) is 0 Å². The molecule has 0 radical (unpaired) electrons. The molecule has 2 N–H and O–H groups in total. The summed E-state index contributed by atoms with van der Waals surface area (Å²) in [6, 6.07) is 1.51. The maximum atomic E-state index is 12.3. The Labute approximate surface area is 164 Å². The van der Waals surface area contributed by atoms with Crippen LogP contribution in [-0.2, 0) is 22.7 Å². The van der Waals surface area contributed by atoms with Crippen LogP contribution in [0.1, 0.15) is 70.9 Å². The summed E-state index contributed by atoms with van der Waals surface area (Å²) in [4.78, 5) is -0.0398. The first-order valence-corrected chi connectivity index (χ1v) is 11.5. The highest BCUT2D eigenvalue weighted by Gasteiger charge is 2.23. The molecule has 0 amide bonds. The zero-order chi connectivity index (χ0) is 20.6. The molecule has 1 rings (SSSR count). The number of rotatable bonds is 10. The fourth-order valence-electron chi connectivity index (χ4n) is 3.06. The minimum absolute atomic E-state index is 0.0398. The number of allylic oxidation sites excluding steroid dienone is 4. The predicted molar refractivity (Wildman–Crippen MR) is 112 cm³/mol. The summed E-state index contributed by atoms with van der Waals surface area (Å²) in [6.45, 7) is 8.19. The first-order valence-electron chi connectivity index (χ1n) is 9.63. The first kappa shape index (κ1) is 23.3. The second kappa shape index (κ2) is 10.5. The van der Waals surface area contributed by atoms with Crippen molar-refractivity contribution in [1.82, 2.24) is 0 Å². The van der Waals surface area contributed by atoms with E-state index in [2.05, 4.69) is 26.8 Å². The molecular weight excluding hydrogens is 360 g/mol. The Kier molecular flexibility index (Phi) is 9.10. The zero-order valence-corrected chi connectivity index (χ0v) is 18.1. The molecule has 4 nitrogen and oxygen atoms in total. The summed E-state index contributed by atoms with van der Waals surface area (Å²) in [5.41, 5.74) is 3.18. The smallest absolute Gasteiger partial charge is 0.179 e. The second-order valence-electron chi connectivity index (χ2n) is 7.52. The molecule has 0 saturated carbocycles. The van der Waals surface area contributed by atoms with Crippen molar-refractivity contribution in [3.05, 3.63) is 40.5 Å². The van der Waals surface area contributed by atoms with E-state index in [0.717, 1.165) is 43.9 Å². The fraction of sp³-hybridized carbons (Fsp3) is 0.545. The summed E-state index contributed by atoms with van der Waals surface area (Å²) in [5, 5.41) is 21.0. The second-order valence-corrected chi connectivity index (χ2v) is 9.47. The van der Waals surface area contributed by atoms with E-state index in [1.807, 2.05) is 13.0 Å². The van der Waals surface area contributed by atoms with Gasteiger partial charge >= 0.3 is 0 Å². The molecule has 152 valence electrons. The van der Waals surface area contributed by atoms with Gasteiger partial charge in [-0.3, -0.25) is 0 Å². The van der Waals surface area contributed by atoms with Crippen molar-refractivity contribution in [1.29, 1.82) is 0 Å². The van der Waals surface area contributed by atoms with E-state index in [0.29, 0.717) is 18.4 Å². The number of phenols is 2. The van der Waals surface area contributed by atoms with Crippen molar-refractivity contribution in [2.75, 3.05) is 6.26 Å². The van der Waals surface area contributed by atoms with Crippen LogP contribution in [0.5, 0.6) is 11.5 Å². The van der Waals surface area contributed by atoms with Crippen molar-refractivity contribution in [2.24, 2.45) is 0 Å². The van der Waals surface area contributed by atoms with Crippen LogP contribution in [0.15, 0.2) is 34.3 Å². The number of hydrogen-bond acceptors (Lipinski definition) is 4. The van der Waals surface area contributed by atoms with Gasteiger partial charge in [-0.15, -0.1) is 0 Å².